The van der Waals surface area contributed by atoms with Crippen molar-refractivity contribution in [2.45, 2.75) is 56.8 Å². The zero-order valence-corrected chi connectivity index (χ0v) is 9.28. The first-order valence-electron chi connectivity index (χ1n) is 5.57. The van der Waals surface area contributed by atoms with E-state index < -0.39 is 30.9 Å². The molecule has 2 aliphatic heterocycles. The van der Waals surface area contributed by atoms with Crippen LogP contribution in [0.3, 0.4) is 0 Å². The van der Waals surface area contributed by atoms with E-state index in [4.69, 9.17) is 14.2 Å². The van der Waals surface area contributed by atoms with Gasteiger partial charge in [0.25, 0.3) is 0 Å². The summed E-state index contributed by atoms with van der Waals surface area (Å²) in [7, 11) is 0. The third kappa shape index (κ3) is 2.44. The van der Waals surface area contributed by atoms with Crippen LogP contribution >= 0.6 is 0 Å². The summed E-state index contributed by atoms with van der Waals surface area (Å²) in [5.74, 6) is 0. The number of hydrogen-bond acceptors (Lipinski definition) is 5. The van der Waals surface area contributed by atoms with E-state index >= 15 is 0 Å². The molecular weight excluding hydrogens is 212 g/mol. The summed E-state index contributed by atoms with van der Waals surface area (Å²) in [6.45, 7) is 5.52. The first kappa shape index (κ1) is 12.0. The van der Waals surface area contributed by atoms with Gasteiger partial charge in [-0.25, -0.2) is 0 Å². The fourth-order valence-electron chi connectivity index (χ4n) is 1.79. The van der Waals surface area contributed by atoms with Crippen LogP contribution in [0.15, 0.2) is 12.7 Å². The van der Waals surface area contributed by atoms with Crippen LogP contribution in [0.4, 0.5) is 0 Å². The van der Waals surface area contributed by atoms with Gasteiger partial charge in [0.1, 0.15) is 18.3 Å². The Morgan fingerprint density at radius 2 is 2.12 bits per heavy atom. The summed E-state index contributed by atoms with van der Waals surface area (Å²) in [5.41, 5.74) is 0. The molecule has 0 saturated carbocycles. The molecule has 0 aromatic heterocycles. The van der Waals surface area contributed by atoms with E-state index in [0.717, 1.165) is 12.8 Å². The second kappa shape index (κ2) is 4.81. The van der Waals surface area contributed by atoms with Gasteiger partial charge in [-0.3, -0.25) is 0 Å². The van der Waals surface area contributed by atoms with Crippen molar-refractivity contribution >= 4 is 0 Å². The van der Waals surface area contributed by atoms with E-state index in [9.17, 15) is 10.2 Å². The second-order valence-electron chi connectivity index (χ2n) is 4.27. The summed E-state index contributed by atoms with van der Waals surface area (Å²) >= 11 is 0. The Bertz CT molecular complexity index is 257. The molecule has 16 heavy (non-hydrogen) atoms. The molecule has 5 heteroatoms. The molecule has 0 aliphatic carbocycles. The second-order valence-corrected chi connectivity index (χ2v) is 4.27. The monoisotopic (exact) mass is 230 g/mol. The topological polar surface area (TPSA) is 71.5 Å². The highest BCUT2D eigenvalue weighted by Crippen LogP contribution is 2.36. The number of allylic oxidation sites excluding steroid dienone is 1. The van der Waals surface area contributed by atoms with Crippen molar-refractivity contribution in [3.05, 3.63) is 12.7 Å². The van der Waals surface area contributed by atoms with Crippen LogP contribution in [0.2, 0.25) is 0 Å². The normalized spacial score (nSPS) is 43.6. The molecule has 0 spiro atoms. The van der Waals surface area contributed by atoms with Gasteiger partial charge < -0.3 is 24.4 Å². The summed E-state index contributed by atoms with van der Waals surface area (Å²) in [5, 5.41) is 19.3. The third-order valence-corrected chi connectivity index (χ3v) is 2.86. The lowest BCUT2D eigenvalue weighted by atomic mass is 10.1. The van der Waals surface area contributed by atoms with Gasteiger partial charge in [0.05, 0.1) is 6.10 Å². The molecule has 0 aromatic carbocycles. The highest BCUT2D eigenvalue weighted by atomic mass is 16.8. The van der Waals surface area contributed by atoms with Crippen molar-refractivity contribution in [3.63, 3.8) is 0 Å². The Balaban J connectivity index is 1.81. The average Bonchev–Trinajstić information content (AvgIpc) is 3.02. The molecule has 5 unspecified atom stereocenters. The predicted molar refractivity (Wildman–Crippen MR) is 55.5 cm³/mol. The van der Waals surface area contributed by atoms with Gasteiger partial charge in [-0.05, 0) is 19.8 Å². The number of fused-ring (bicyclic) bond motifs is 1. The Kier molecular flexibility index (Phi) is 3.61. The van der Waals surface area contributed by atoms with Gasteiger partial charge in [-0.15, -0.1) is 6.58 Å². The fourth-order valence-corrected chi connectivity index (χ4v) is 1.79. The minimum Gasteiger partial charge on any atom is -0.387 e. The van der Waals surface area contributed by atoms with Crippen LogP contribution in [0.5, 0.6) is 0 Å². The van der Waals surface area contributed by atoms with Crippen LogP contribution in [-0.4, -0.2) is 47.2 Å². The SMILES string of the molecule is C=CCC[C@@H](C)OC1OC2OC2C(O)C1O. The van der Waals surface area contributed by atoms with Gasteiger partial charge in [0.2, 0.25) is 0 Å². The van der Waals surface area contributed by atoms with E-state index in [1.807, 2.05) is 13.0 Å². The molecule has 0 bridgehead atoms. The number of aliphatic hydroxyl groups excluding tert-OH is 2. The maximum Gasteiger partial charge on any atom is 0.190 e. The van der Waals surface area contributed by atoms with Crippen LogP contribution < -0.4 is 0 Å². The number of ether oxygens (including phenoxy) is 3. The van der Waals surface area contributed by atoms with Gasteiger partial charge in [-0.1, -0.05) is 6.08 Å². The quantitative estimate of drug-likeness (QED) is 0.520. The number of aliphatic hydroxyl groups is 2. The molecule has 92 valence electrons. The van der Waals surface area contributed by atoms with Gasteiger partial charge in [0.15, 0.2) is 12.6 Å². The summed E-state index contributed by atoms with van der Waals surface area (Å²) in [6, 6.07) is 0. The Morgan fingerprint density at radius 3 is 2.81 bits per heavy atom. The number of rotatable bonds is 5. The molecule has 0 aromatic rings. The fraction of sp³-hybridized carbons (Fsp3) is 0.818. The molecule has 2 fully saturated rings. The third-order valence-electron chi connectivity index (χ3n) is 2.86. The van der Waals surface area contributed by atoms with Gasteiger partial charge in [0, 0.05) is 0 Å². The smallest absolute Gasteiger partial charge is 0.190 e. The molecular formula is C11H18O5. The maximum absolute atomic E-state index is 9.71. The number of epoxide rings is 1. The predicted octanol–water partition coefficient (Wildman–Crippen LogP) is 0.161. The van der Waals surface area contributed by atoms with Crippen LogP contribution in [0.25, 0.3) is 0 Å². The zero-order chi connectivity index (χ0) is 11.7. The van der Waals surface area contributed by atoms with Crippen molar-refractivity contribution in [1.82, 2.24) is 0 Å². The van der Waals surface area contributed by atoms with Crippen molar-refractivity contribution < 1.29 is 24.4 Å². The van der Waals surface area contributed by atoms with E-state index in [-0.39, 0.29) is 6.10 Å². The molecule has 2 heterocycles. The Morgan fingerprint density at radius 1 is 1.38 bits per heavy atom. The van der Waals surface area contributed by atoms with E-state index in [0.29, 0.717) is 0 Å². The lowest BCUT2D eigenvalue weighted by molar-refractivity contribution is -0.257. The van der Waals surface area contributed by atoms with Crippen LogP contribution in [0.1, 0.15) is 19.8 Å². The first-order chi connectivity index (χ1) is 7.63. The molecule has 2 aliphatic rings. The van der Waals surface area contributed by atoms with Gasteiger partial charge in [-0.2, -0.15) is 0 Å². The Hall–Kier alpha value is -0.460. The molecule has 2 saturated heterocycles. The minimum absolute atomic E-state index is 0.0554. The van der Waals surface area contributed by atoms with Crippen LogP contribution in [-0.2, 0) is 14.2 Å². The molecule has 2 rings (SSSR count). The molecule has 0 radical (unpaired) electrons. The highest BCUT2D eigenvalue weighted by molar-refractivity contribution is 4.95. The molecule has 5 nitrogen and oxygen atoms in total. The zero-order valence-electron chi connectivity index (χ0n) is 9.28. The maximum atomic E-state index is 9.71. The largest absolute Gasteiger partial charge is 0.387 e. The highest BCUT2D eigenvalue weighted by Gasteiger charge is 2.56. The minimum atomic E-state index is -1.05. The number of hydrogen-bond donors (Lipinski definition) is 2. The van der Waals surface area contributed by atoms with Crippen molar-refractivity contribution in [3.8, 4) is 0 Å². The molecule has 0 amide bonds. The van der Waals surface area contributed by atoms with E-state index in [2.05, 4.69) is 6.58 Å². The van der Waals surface area contributed by atoms with Crippen LogP contribution in [0, 0.1) is 0 Å². The lowest BCUT2D eigenvalue weighted by Gasteiger charge is -2.31. The summed E-state index contributed by atoms with van der Waals surface area (Å²) in [6.07, 6.45) is -0.180. The van der Waals surface area contributed by atoms with E-state index in [1.54, 1.807) is 0 Å². The van der Waals surface area contributed by atoms with E-state index in [1.165, 1.54) is 0 Å². The summed E-state index contributed by atoms with van der Waals surface area (Å²) < 4.78 is 15.9. The van der Waals surface area contributed by atoms with Crippen molar-refractivity contribution in [1.29, 1.82) is 0 Å². The lowest BCUT2D eigenvalue weighted by Crippen LogP contribution is -2.49. The Labute approximate surface area is 94.6 Å². The standard InChI is InChI=1S/C11H18O5/c1-3-4-5-6(2)14-10-8(13)7(12)9-11(15-9)16-10/h3,6-13H,1,4-5H2,2H3/t6-,7?,8?,9?,10?,11?/m1/s1. The van der Waals surface area contributed by atoms with Crippen molar-refractivity contribution in [2.24, 2.45) is 0 Å². The van der Waals surface area contributed by atoms with Gasteiger partial charge >= 0.3 is 0 Å². The summed E-state index contributed by atoms with van der Waals surface area (Å²) in [4.78, 5) is 0. The first-order valence-corrected chi connectivity index (χ1v) is 5.57. The average molecular weight is 230 g/mol. The van der Waals surface area contributed by atoms with Crippen molar-refractivity contribution in [2.75, 3.05) is 0 Å². The molecule has 6 atom stereocenters. The molecule has 2 N–H and O–H groups in total.